The maximum atomic E-state index is 12.3. The fourth-order valence-corrected chi connectivity index (χ4v) is 3.77. The van der Waals surface area contributed by atoms with E-state index in [1.165, 1.54) is 4.90 Å². The topological polar surface area (TPSA) is 91.8 Å². The van der Waals surface area contributed by atoms with Crippen LogP contribution in [0.4, 0.5) is 0 Å². The van der Waals surface area contributed by atoms with Crippen molar-refractivity contribution in [2.75, 3.05) is 24.6 Å². The van der Waals surface area contributed by atoms with Crippen LogP contribution in [-0.2, 0) is 19.4 Å². The summed E-state index contributed by atoms with van der Waals surface area (Å²) >= 11 is 0. The van der Waals surface area contributed by atoms with E-state index in [0.717, 1.165) is 6.42 Å². The normalized spacial score (nSPS) is 25.9. The highest BCUT2D eigenvalue weighted by Gasteiger charge is 2.53. The van der Waals surface area contributed by atoms with E-state index in [0.29, 0.717) is 25.8 Å². The van der Waals surface area contributed by atoms with Crippen molar-refractivity contribution in [3.05, 3.63) is 0 Å². The average molecular weight is 275 g/mol. The summed E-state index contributed by atoms with van der Waals surface area (Å²) in [7, 11) is -3.08. The Kier molecular flexibility index (Phi) is 3.35. The second kappa shape index (κ2) is 4.53. The number of carboxylic acids is 1. The number of carbonyl (C=O) groups excluding carboxylic acids is 1. The smallest absolute Gasteiger partial charge is 0.319 e. The minimum absolute atomic E-state index is 0.0611. The lowest BCUT2D eigenvalue weighted by molar-refractivity contribution is -0.167. The maximum Gasteiger partial charge on any atom is 0.319 e. The first-order valence-corrected chi connectivity index (χ1v) is 7.93. The van der Waals surface area contributed by atoms with Gasteiger partial charge in [-0.25, -0.2) is 8.42 Å². The van der Waals surface area contributed by atoms with Crippen molar-refractivity contribution in [3.63, 3.8) is 0 Å². The van der Waals surface area contributed by atoms with Crippen molar-refractivity contribution in [2.45, 2.75) is 25.7 Å². The van der Waals surface area contributed by atoms with Gasteiger partial charge in [0.25, 0.3) is 0 Å². The Morgan fingerprint density at radius 3 is 2.22 bits per heavy atom. The SMILES string of the molecule is O=C(O)C1(C(=O)N2CCCS(=O)(=O)CC2)CCC1. The molecule has 2 fully saturated rings. The molecule has 1 aliphatic heterocycles. The number of sulfone groups is 1. The quantitative estimate of drug-likeness (QED) is 0.710. The third-order valence-electron chi connectivity index (χ3n) is 3.87. The summed E-state index contributed by atoms with van der Waals surface area (Å²) in [5.74, 6) is -1.46. The van der Waals surface area contributed by atoms with E-state index in [-0.39, 0.29) is 18.1 Å². The molecular weight excluding hydrogens is 258 g/mol. The number of amides is 1. The lowest BCUT2D eigenvalue weighted by Crippen LogP contribution is -2.53. The lowest BCUT2D eigenvalue weighted by Gasteiger charge is -2.39. The summed E-state index contributed by atoms with van der Waals surface area (Å²) in [4.78, 5) is 24.9. The van der Waals surface area contributed by atoms with Gasteiger partial charge in [0.1, 0.15) is 5.41 Å². The van der Waals surface area contributed by atoms with Gasteiger partial charge in [0.2, 0.25) is 5.91 Å². The zero-order valence-corrected chi connectivity index (χ0v) is 10.9. The molecule has 2 rings (SSSR count). The van der Waals surface area contributed by atoms with Crippen molar-refractivity contribution in [1.29, 1.82) is 0 Å². The van der Waals surface area contributed by atoms with Gasteiger partial charge in [-0.2, -0.15) is 0 Å². The zero-order chi connectivity index (χ0) is 13.4. The third kappa shape index (κ3) is 2.23. The molecule has 0 spiro atoms. The summed E-state index contributed by atoms with van der Waals surface area (Å²) in [5, 5.41) is 9.19. The maximum absolute atomic E-state index is 12.3. The Balaban J connectivity index is 2.12. The van der Waals surface area contributed by atoms with Crippen LogP contribution in [0.1, 0.15) is 25.7 Å². The number of aliphatic carboxylic acids is 1. The molecule has 102 valence electrons. The van der Waals surface area contributed by atoms with E-state index in [1.54, 1.807) is 0 Å². The number of rotatable bonds is 2. The Bertz CT molecular complexity index is 466. The van der Waals surface area contributed by atoms with Crippen molar-refractivity contribution >= 4 is 21.7 Å². The number of hydrogen-bond donors (Lipinski definition) is 1. The fraction of sp³-hybridized carbons (Fsp3) is 0.818. The summed E-state index contributed by atoms with van der Waals surface area (Å²) in [6, 6.07) is 0. The third-order valence-corrected chi connectivity index (χ3v) is 5.58. The molecule has 0 aromatic carbocycles. The molecule has 0 aromatic rings. The highest BCUT2D eigenvalue weighted by molar-refractivity contribution is 7.91. The molecule has 6 nitrogen and oxygen atoms in total. The number of hydrogen-bond acceptors (Lipinski definition) is 4. The lowest BCUT2D eigenvalue weighted by atomic mass is 9.67. The second-order valence-corrected chi connectivity index (χ2v) is 7.34. The Morgan fingerprint density at radius 2 is 1.72 bits per heavy atom. The molecule has 1 saturated carbocycles. The zero-order valence-electron chi connectivity index (χ0n) is 10.1. The van der Waals surface area contributed by atoms with Crippen LogP contribution in [-0.4, -0.2) is 54.9 Å². The van der Waals surface area contributed by atoms with Gasteiger partial charge >= 0.3 is 5.97 Å². The van der Waals surface area contributed by atoms with Crippen LogP contribution >= 0.6 is 0 Å². The largest absolute Gasteiger partial charge is 0.480 e. The number of nitrogens with zero attached hydrogens (tertiary/aromatic N) is 1. The molecule has 2 aliphatic rings. The Hall–Kier alpha value is -1.11. The first-order chi connectivity index (χ1) is 8.37. The van der Waals surface area contributed by atoms with Gasteiger partial charge in [-0.05, 0) is 19.3 Å². The van der Waals surface area contributed by atoms with Crippen LogP contribution in [0.15, 0.2) is 0 Å². The molecule has 1 aliphatic carbocycles. The molecule has 0 radical (unpaired) electrons. The van der Waals surface area contributed by atoms with Gasteiger partial charge in [0.05, 0.1) is 11.5 Å². The molecule has 1 amide bonds. The van der Waals surface area contributed by atoms with E-state index >= 15 is 0 Å². The van der Waals surface area contributed by atoms with Gasteiger partial charge < -0.3 is 10.0 Å². The number of carbonyl (C=O) groups is 2. The summed E-state index contributed by atoms with van der Waals surface area (Å²) in [6.45, 7) is 0.462. The standard InChI is InChI=1S/C11H17NO5S/c13-9(11(10(14)15)3-1-4-11)12-5-2-7-18(16,17)8-6-12/h1-8H2,(H,14,15). The van der Waals surface area contributed by atoms with Crippen molar-refractivity contribution in [3.8, 4) is 0 Å². The predicted octanol–water partition coefficient (Wildman–Crippen LogP) is -0.112. The van der Waals surface area contributed by atoms with E-state index in [9.17, 15) is 23.1 Å². The molecule has 0 atom stereocenters. The van der Waals surface area contributed by atoms with Crippen LogP contribution in [0.3, 0.4) is 0 Å². The van der Waals surface area contributed by atoms with Gasteiger partial charge in [0, 0.05) is 13.1 Å². The van der Waals surface area contributed by atoms with Crippen LogP contribution in [0.25, 0.3) is 0 Å². The summed E-state index contributed by atoms with van der Waals surface area (Å²) in [6.07, 6.45) is 1.86. The highest BCUT2D eigenvalue weighted by atomic mass is 32.2. The van der Waals surface area contributed by atoms with E-state index < -0.39 is 27.1 Å². The minimum atomic E-state index is -3.08. The predicted molar refractivity (Wildman–Crippen MR) is 63.8 cm³/mol. The first-order valence-electron chi connectivity index (χ1n) is 6.11. The molecule has 1 N–H and O–H groups in total. The van der Waals surface area contributed by atoms with Crippen molar-refractivity contribution < 1.29 is 23.1 Å². The van der Waals surface area contributed by atoms with E-state index in [2.05, 4.69) is 0 Å². The highest BCUT2D eigenvalue weighted by Crippen LogP contribution is 2.43. The Morgan fingerprint density at radius 1 is 1.06 bits per heavy atom. The fourth-order valence-electron chi connectivity index (χ4n) is 2.49. The first kappa shape index (κ1) is 13.3. The van der Waals surface area contributed by atoms with Gasteiger partial charge in [-0.3, -0.25) is 9.59 Å². The van der Waals surface area contributed by atoms with E-state index in [1.807, 2.05) is 0 Å². The Labute approximate surface area is 106 Å². The summed E-state index contributed by atoms with van der Waals surface area (Å²) < 4.78 is 22.9. The molecule has 7 heteroatoms. The average Bonchev–Trinajstić information content (AvgIpc) is 2.36. The van der Waals surface area contributed by atoms with Gasteiger partial charge in [-0.1, -0.05) is 6.42 Å². The second-order valence-electron chi connectivity index (χ2n) is 5.04. The van der Waals surface area contributed by atoms with Crippen LogP contribution in [0, 0.1) is 5.41 Å². The molecular formula is C11H17NO5S. The van der Waals surface area contributed by atoms with Gasteiger partial charge in [0.15, 0.2) is 9.84 Å². The molecule has 1 heterocycles. The van der Waals surface area contributed by atoms with Crippen LogP contribution in [0.5, 0.6) is 0 Å². The monoisotopic (exact) mass is 275 g/mol. The van der Waals surface area contributed by atoms with Crippen LogP contribution < -0.4 is 0 Å². The molecule has 1 saturated heterocycles. The minimum Gasteiger partial charge on any atom is -0.480 e. The molecule has 0 aromatic heterocycles. The van der Waals surface area contributed by atoms with Crippen molar-refractivity contribution in [1.82, 2.24) is 4.90 Å². The molecule has 0 bridgehead atoms. The molecule has 0 unspecified atom stereocenters. The molecule has 18 heavy (non-hydrogen) atoms. The van der Waals surface area contributed by atoms with Crippen molar-refractivity contribution in [2.24, 2.45) is 5.41 Å². The van der Waals surface area contributed by atoms with E-state index in [4.69, 9.17) is 0 Å². The van der Waals surface area contributed by atoms with Crippen LogP contribution in [0.2, 0.25) is 0 Å². The number of carboxylic acid groups (broad SMARTS) is 1. The summed E-state index contributed by atoms with van der Waals surface area (Å²) in [5.41, 5.74) is -1.28. The van der Waals surface area contributed by atoms with Gasteiger partial charge in [-0.15, -0.1) is 0 Å².